The molecule has 0 saturated carbocycles. The summed E-state index contributed by atoms with van der Waals surface area (Å²) in [4.78, 5) is 22.3. The molecule has 0 aliphatic carbocycles. The molecular weight excluding hydrogens is 230 g/mol. The monoisotopic (exact) mass is 237 g/mol. The van der Waals surface area contributed by atoms with Crippen molar-refractivity contribution < 1.29 is 14.7 Å². The SMILES string of the molecule is CC(=O)n1cc(C(=O)O)c2cc(Cl)ccc21. The lowest BCUT2D eigenvalue weighted by atomic mass is 10.2. The van der Waals surface area contributed by atoms with Gasteiger partial charge in [0.15, 0.2) is 0 Å². The van der Waals surface area contributed by atoms with Crippen LogP contribution in [-0.4, -0.2) is 21.6 Å². The van der Waals surface area contributed by atoms with Gasteiger partial charge in [-0.25, -0.2) is 4.79 Å². The molecule has 1 heterocycles. The van der Waals surface area contributed by atoms with E-state index >= 15 is 0 Å². The normalized spacial score (nSPS) is 10.6. The maximum atomic E-state index is 11.3. The van der Waals surface area contributed by atoms with Gasteiger partial charge in [-0.05, 0) is 18.2 Å². The Morgan fingerprint density at radius 3 is 2.62 bits per heavy atom. The third kappa shape index (κ3) is 1.57. The lowest BCUT2D eigenvalue weighted by Gasteiger charge is -1.98. The van der Waals surface area contributed by atoms with Crippen LogP contribution in [0.5, 0.6) is 0 Å². The predicted octanol–water partition coefficient (Wildman–Crippen LogP) is 2.65. The first-order valence-electron chi connectivity index (χ1n) is 4.55. The van der Waals surface area contributed by atoms with Crippen molar-refractivity contribution in [2.45, 2.75) is 6.92 Å². The number of benzene rings is 1. The van der Waals surface area contributed by atoms with Crippen LogP contribution in [0.1, 0.15) is 22.1 Å². The van der Waals surface area contributed by atoms with Gasteiger partial charge in [0.2, 0.25) is 5.91 Å². The number of carbonyl (C=O) groups is 2. The minimum atomic E-state index is -1.08. The van der Waals surface area contributed by atoms with Crippen LogP contribution in [0.25, 0.3) is 10.9 Å². The largest absolute Gasteiger partial charge is 0.478 e. The fourth-order valence-corrected chi connectivity index (χ4v) is 1.81. The van der Waals surface area contributed by atoms with E-state index in [2.05, 4.69) is 0 Å². The molecule has 0 aliphatic rings. The highest BCUT2D eigenvalue weighted by molar-refractivity contribution is 6.31. The smallest absolute Gasteiger partial charge is 0.337 e. The summed E-state index contributed by atoms with van der Waals surface area (Å²) in [5.41, 5.74) is 0.627. The Labute approximate surface area is 96.0 Å². The number of aromatic carboxylic acids is 1. The van der Waals surface area contributed by atoms with Gasteiger partial charge in [-0.15, -0.1) is 0 Å². The summed E-state index contributed by atoms with van der Waals surface area (Å²) in [6.07, 6.45) is 1.31. The van der Waals surface area contributed by atoms with Crippen molar-refractivity contribution in [1.29, 1.82) is 0 Å². The summed E-state index contributed by atoms with van der Waals surface area (Å²) in [5, 5.41) is 9.91. The summed E-state index contributed by atoms with van der Waals surface area (Å²) in [7, 11) is 0. The molecule has 1 aromatic heterocycles. The first-order valence-corrected chi connectivity index (χ1v) is 4.93. The van der Waals surface area contributed by atoms with Crippen molar-refractivity contribution in [3.8, 4) is 0 Å². The lowest BCUT2D eigenvalue weighted by molar-refractivity contribution is 0.0699. The molecule has 16 heavy (non-hydrogen) atoms. The summed E-state index contributed by atoms with van der Waals surface area (Å²) >= 11 is 5.80. The van der Waals surface area contributed by atoms with Crippen LogP contribution in [0, 0.1) is 0 Å². The van der Waals surface area contributed by atoms with Crippen LogP contribution < -0.4 is 0 Å². The van der Waals surface area contributed by atoms with Crippen LogP contribution in [0.2, 0.25) is 5.02 Å². The Balaban J connectivity index is 2.87. The number of nitrogens with zero attached hydrogens (tertiary/aromatic N) is 1. The van der Waals surface area contributed by atoms with E-state index in [1.807, 2.05) is 0 Å². The van der Waals surface area contributed by atoms with Gasteiger partial charge in [0.1, 0.15) is 0 Å². The molecule has 0 aliphatic heterocycles. The van der Waals surface area contributed by atoms with Crippen LogP contribution in [0.4, 0.5) is 0 Å². The zero-order valence-corrected chi connectivity index (χ0v) is 9.15. The molecular formula is C11H8ClNO3. The summed E-state index contributed by atoms with van der Waals surface area (Å²) in [6, 6.07) is 4.79. The number of halogens is 1. The standard InChI is InChI=1S/C11H8ClNO3/c1-6(14)13-5-9(11(15)16)8-4-7(12)2-3-10(8)13/h2-5H,1H3,(H,15,16). The molecule has 0 radical (unpaired) electrons. The lowest BCUT2D eigenvalue weighted by Crippen LogP contribution is -2.03. The second kappa shape index (κ2) is 3.64. The Kier molecular flexibility index (Phi) is 2.44. The molecule has 4 nitrogen and oxygen atoms in total. The number of carbonyl (C=O) groups excluding carboxylic acids is 1. The van der Waals surface area contributed by atoms with Crippen molar-refractivity contribution >= 4 is 34.4 Å². The fraction of sp³-hybridized carbons (Fsp3) is 0.0909. The van der Waals surface area contributed by atoms with Gasteiger partial charge in [-0.3, -0.25) is 9.36 Å². The van der Waals surface area contributed by atoms with E-state index in [1.54, 1.807) is 18.2 Å². The predicted molar refractivity (Wildman–Crippen MR) is 60.2 cm³/mol. The third-order valence-electron chi connectivity index (χ3n) is 2.34. The molecule has 0 amide bonds. The average Bonchev–Trinajstić information content (AvgIpc) is 2.56. The number of hydrogen-bond donors (Lipinski definition) is 1. The highest BCUT2D eigenvalue weighted by atomic mass is 35.5. The zero-order chi connectivity index (χ0) is 11.9. The van der Waals surface area contributed by atoms with Crippen molar-refractivity contribution in [1.82, 2.24) is 4.57 Å². The molecule has 2 rings (SSSR count). The number of rotatable bonds is 1. The topological polar surface area (TPSA) is 59.3 Å². The second-order valence-electron chi connectivity index (χ2n) is 3.40. The number of aromatic nitrogens is 1. The van der Waals surface area contributed by atoms with Gasteiger partial charge in [-0.1, -0.05) is 11.6 Å². The van der Waals surface area contributed by atoms with E-state index in [1.165, 1.54) is 17.7 Å². The van der Waals surface area contributed by atoms with Crippen LogP contribution in [0.3, 0.4) is 0 Å². The maximum absolute atomic E-state index is 11.3. The Morgan fingerprint density at radius 1 is 1.38 bits per heavy atom. The molecule has 0 bridgehead atoms. The fourth-order valence-electron chi connectivity index (χ4n) is 1.63. The van der Waals surface area contributed by atoms with E-state index in [4.69, 9.17) is 16.7 Å². The first-order chi connectivity index (χ1) is 7.50. The molecule has 1 N–H and O–H groups in total. The summed E-state index contributed by atoms with van der Waals surface area (Å²) in [5.74, 6) is -1.31. The van der Waals surface area contributed by atoms with E-state index < -0.39 is 5.97 Å². The highest BCUT2D eigenvalue weighted by Crippen LogP contribution is 2.24. The van der Waals surface area contributed by atoms with E-state index in [0.717, 1.165) is 0 Å². The molecule has 2 aromatic rings. The van der Waals surface area contributed by atoms with Crippen molar-refractivity contribution in [3.63, 3.8) is 0 Å². The van der Waals surface area contributed by atoms with Crippen LogP contribution in [0.15, 0.2) is 24.4 Å². The summed E-state index contributed by atoms with van der Waals surface area (Å²) < 4.78 is 1.30. The minimum Gasteiger partial charge on any atom is -0.478 e. The second-order valence-corrected chi connectivity index (χ2v) is 3.83. The van der Waals surface area contributed by atoms with Gasteiger partial charge in [-0.2, -0.15) is 0 Å². The minimum absolute atomic E-state index is 0.0766. The number of fused-ring (bicyclic) bond motifs is 1. The van der Waals surface area contributed by atoms with Crippen LogP contribution in [-0.2, 0) is 0 Å². The van der Waals surface area contributed by atoms with Gasteiger partial charge < -0.3 is 5.11 Å². The molecule has 0 saturated heterocycles. The molecule has 1 aromatic carbocycles. The molecule has 5 heteroatoms. The van der Waals surface area contributed by atoms with Gasteiger partial charge in [0.25, 0.3) is 0 Å². The molecule has 0 fully saturated rings. The summed E-state index contributed by atoms with van der Waals surface area (Å²) in [6.45, 7) is 1.37. The molecule has 82 valence electrons. The highest BCUT2D eigenvalue weighted by Gasteiger charge is 2.15. The Morgan fingerprint density at radius 2 is 2.06 bits per heavy atom. The average molecular weight is 238 g/mol. The van der Waals surface area contributed by atoms with E-state index in [0.29, 0.717) is 15.9 Å². The van der Waals surface area contributed by atoms with E-state index in [-0.39, 0.29) is 11.5 Å². The quantitative estimate of drug-likeness (QED) is 0.830. The Bertz CT molecular complexity index is 601. The first kappa shape index (κ1) is 10.7. The Hall–Kier alpha value is -1.81. The number of hydrogen-bond acceptors (Lipinski definition) is 2. The van der Waals surface area contributed by atoms with Gasteiger partial charge in [0, 0.05) is 23.5 Å². The van der Waals surface area contributed by atoms with Crippen molar-refractivity contribution in [3.05, 3.63) is 35.0 Å². The van der Waals surface area contributed by atoms with Crippen LogP contribution >= 0.6 is 11.6 Å². The van der Waals surface area contributed by atoms with Crippen molar-refractivity contribution in [2.75, 3.05) is 0 Å². The van der Waals surface area contributed by atoms with Gasteiger partial charge >= 0.3 is 5.97 Å². The number of carboxylic acids is 1. The van der Waals surface area contributed by atoms with Crippen molar-refractivity contribution in [2.24, 2.45) is 0 Å². The molecule has 0 spiro atoms. The van der Waals surface area contributed by atoms with Gasteiger partial charge in [0.05, 0.1) is 11.1 Å². The molecule has 0 atom stereocenters. The van der Waals surface area contributed by atoms with E-state index in [9.17, 15) is 9.59 Å². The number of carboxylic acid groups (broad SMARTS) is 1. The third-order valence-corrected chi connectivity index (χ3v) is 2.57. The molecule has 0 unspecified atom stereocenters. The zero-order valence-electron chi connectivity index (χ0n) is 8.40. The maximum Gasteiger partial charge on any atom is 0.337 e.